The SMILES string of the molecule is CC(=O)CN1C(=O)[C@@H](NC(=O)Nc2ccc(Br)cc2)CC1C. The van der Waals surface area contributed by atoms with Crippen molar-refractivity contribution in [3.63, 3.8) is 0 Å². The molecule has 7 heteroatoms. The molecule has 0 aromatic heterocycles. The Hall–Kier alpha value is -1.89. The van der Waals surface area contributed by atoms with Gasteiger partial charge < -0.3 is 15.5 Å². The Morgan fingerprint density at radius 2 is 1.95 bits per heavy atom. The lowest BCUT2D eigenvalue weighted by Gasteiger charge is -2.19. The summed E-state index contributed by atoms with van der Waals surface area (Å²) in [6.07, 6.45) is 0.500. The van der Waals surface area contributed by atoms with E-state index in [2.05, 4.69) is 26.6 Å². The lowest BCUT2D eigenvalue weighted by atomic mass is 10.2. The number of anilines is 1. The number of ketones is 1. The van der Waals surface area contributed by atoms with E-state index in [1.54, 1.807) is 12.1 Å². The topological polar surface area (TPSA) is 78.5 Å². The molecule has 0 spiro atoms. The van der Waals surface area contributed by atoms with Gasteiger partial charge in [0.2, 0.25) is 5.91 Å². The smallest absolute Gasteiger partial charge is 0.319 e. The molecule has 1 aromatic carbocycles. The summed E-state index contributed by atoms with van der Waals surface area (Å²) in [5.74, 6) is -0.283. The third kappa shape index (κ3) is 4.07. The highest BCUT2D eigenvalue weighted by atomic mass is 79.9. The number of benzene rings is 1. The van der Waals surface area contributed by atoms with Gasteiger partial charge in [0.25, 0.3) is 0 Å². The predicted octanol–water partition coefficient (Wildman–Crippen LogP) is 2.15. The second-order valence-electron chi connectivity index (χ2n) is 5.41. The zero-order chi connectivity index (χ0) is 16.3. The van der Waals surface area contributed by atoms with Gasteiger partial charge in [0.05, 0.1) is 6.54 Å². The van der Waals surface area contributed by atoms with Crippen molar-refractivity contribution in [1.29, 1.82) is 0 Å². The molecule has 0 saturated carbocycles. The third-order valence-electron chi connectivity index (χ3n) is 3.49. The van der Waals surface area contributed by atoms with Gasteiger partial charge in [0.15, 0.2) is 0 Å². The van der Waals surface area contributed by atoms with Gasteiger partial charge in [-0.3, -0.25) is 9.59 Å². The molecule has 1 unspecified atom stereocenters. The first-order valence-electron chi connectivity index (χ1n) is 7.00. The van der Waals surface area contributed by atoms with Gasteiger partial charge in [-0.05, 0) is 44.5 Å². The Balaban J connectivity index is 1.93. The molecular weight excluding hydrogens is 350 g/mol. The van der Waals surface area contributed by atoms with Crippen LogP contribution in [0.25, 0.3) is 0 Å². The van der Waals surface area contributed by atoms with Crippen molar-refractivity contribution < 1.29 is 14.4 Å². The molecule has 1 aliphatic rings. The zero-order valence-corrected chi connectivity index (χ0v) is 14.0. The van der Waals surface area contributed by atoms with Crippen LogP contribution in [-0.4, -0.2) is 41.2 Å². The van der Waals surface area contributed by atoms with E-state index in [0.717, 1.165) is 4.47 Å². The van der Waals surface area contributed by atoms with Crippen molar-refractivity contribution in [3.05, 3.63) is 28.7 Å². The van der Waals surface area contributed by atoms with Gasteiger partial charge in [0.1, 0.15) is 11.8 Å². The molecule has 2 rings (SSSR count). The monoisotopic (exact) mass is 367 g/mol. The molecule has 22 heavy (non-hydrogen) atoms. The summed E-state index contributed by atoms with van der Waals surface area (Å²) in [6, 6.07) is 6.05. The first-order valence-corrected chi connectivity index (χ1v) is 7.79. The summed E-state index contributed by atoms with van der Waals surface area (Å²) in [7, 11) is 0. The average Bonchev–Trinajstić information content (AvgIpc) is 2.68. The van der Waals surface area contributed by atoms with Crippen LogP contribution >= 0.6 is 15.9 Å². The molecule has 1 aromatic rings. The minimum Gasteiger partial charge on any atom is -0.331 e. The van der Waals surface area contributed by atoms with Crippen LogP contribution in [0, 0.1) is 0 Å². The van der Waals surface area contributed by atoms with Crippen LogP contribution < -0.4 is 10.6 Å². The molecule has 2 atom stereocenters. The second kappa shape index (κ2) is 6.91. The molecule has 1 saturated heterocycles. The molecule has 2 N–H and O–H groups in total. The van der Waals surface area contributed by atoms with Gasteiger partial charge in [-0.25, -0.2) is 4.79 Å². The lowest BCUT2D eigenvalue weighted by molar-refractivity contribution is -0.133. The van der Waals surface area contributed by atoms with Crippen LogP contribution in [0.2, 0.25) is 0 Å². The number of hydrogen-bond donors (Lipinski definition) is 2. The number of likely N-dealkylation sites (tertiary alicyclic amines) is 1. The lowest BCUT2D eigenvalue weighted by Crippen LogP contribution is -2.44. The summed E-state index contributed by atoms with van der Waals surface area (Å²) in [4.78, 5) is 36.9. The Bertz CT molecular complexity index is 588. The molecule has 1 aliphatic heterocycles. The summed E-state index contributed by atoms with van der Waals surface area (Å²) in [5.41, 5.74) is 0.639. The van der Waals surface area contributed by atoms with E-state index in [1.165, 1.54) is 11.8 Å². The molecule has 6 nitrogen and oxygen atoms in total. The first-order chi connectivity index (χ1) is 10.4. The van der Waals surface area contributed by atoms with Crippen LogP contribution in [-0.2, 0) is 9.59 Å². The van der Waals surface area contributed by atoms with Crippen molar-refractivity contribution in [1.82, 2.24) is 10.2 Å². The van der Waals surface area contributed by atoms with Crippen LogP contribution in [0.5, 0.6) is 0 Å². The number of amides is 3. The van der Waals surface area contributed by atoms with Crippen molar-refractivity contribution in [3.8, 4) is 0 Å². The Morgan fingerprint density at radius 1 is 1.32 bits per heavy atom. The summed E-state index contributed by atoms with van der Waals surface area (Å²) < 4.78 is 0.915. The minimum absolute atomic E-state index is 0.0608. The molecular formula is C15H18BrN3O3. The number of hydrogen-bond acceptors (Lipinski definition) is 3. The molecule has 1 fully saturated rings. The maximum Gasteiger partial charge on any atom is 0.319 e. The molecule has 0 radical (unpaired) electrons. The van der Waals surface area contributed by atoms with Gasteiger partial charge >= 0.3 is 6.03 Å². The highest BCUT2D eigenvalue weighted by molar-refractivity contribution is 9.10. The summed E-state index contributed by atoms with van der Waals surface area (Å²) in [6.45, 7) is 3.41. The Labute approximate surface area is 137 Å². The first kappa shape index (κ1) is 16.5. The molecule has 1 heterocycles. The van der Waals surface area contributed by atoms with Crippen LogP contribution in [0.4, 0.5) is 10.5 Å². The summed E-state index contributed by atoms with van der Waals surface area (Å²) >= 11 is 3.32. The van der Waals surface area contributed by atoms with E-state index >= 15 is 0 Å². The number of rotatable bonds is 4. The third-order valence-corrected chi connectivity index (χ3v) is 4.02. The maximum absolute atomic E-state index is 12.2. The second-order valence-corrected chi connectivity index (χ2v) is 6.33. The number of nitrogens with zero attached hydrogens (tertiary/aromatic N) is 1. The van der Waals surface area contributed by atoms with Crippen LogP contribution in [0.3, 0.4) is 0 Å². The van der Waals surface area contributed by atoms with Gasteiger partial charge in [-0.15, -0.1) is 0 Å². The van der Waals surface area contributed by atoms with Crippen molar-refractivity contribution in [2.75, 3.05) is 11.9 Å². The van der Waals surface area contributed by atoms with Crippen molar-refractivity contribution >= 4 is 39.3 Å². The fourth-order valence-electron chi connectivity index (χ4n) is 2.44. The fraction of sp³-hybridized carbons (Fsp3) is 0.400. The Morgan fingerprint density at radius 3 is 2.55 bits per heavy atom. The van der Waals surface area contributed by atoms with E-state index in [1.807, 2.05) is 19.1 Å². The number of Topliss-reactive ketones (excluding diaryl/α,β-unsaturated/α-hetero) is 1. The largest absolute Gasteiger partial charge is 0.331 e. The van der Waals surface area contributed by atoms with E-state index in [9.17, 15) is 14.4 Å². The van der Waals surface area contributed by atoms with Gasteiger partial charge in [-0.2, -0.15) is 0 Å². The highest BCUT2D eigenvalue weighted by Gasteiger charge is 2.38. The predicted molar refractivity (Wildman–Crippen MR) is 86.6 cm³/mol. The van der Waals surface area contributed by atoms with Crippen molar-refractivity contribution in [2.24, 2.45) is 0 Å². The van der Waals surface area contributed by atoms with Crippen molar-refractivity contribution in [2.45, 2.75) is 32.4 Å². The Kier molecular flexibility index (Phi) is 5.18. The molecule has 118 valence electrons. The van der Waals surface area contributed by atoms with Crippen LogP contribution in [0.15, 0.2) is 28.7 Å². The number of halogens is 1. The zero-order valence-electron chi connectivity index (χ0n) is 12.4. The number of urea groups is 1. The van der Waals surface area contributed by atoms with E-state index in [-0.39, 0.29) is 24.3 Å². The standard InChI is InChI=1S/C15H18BrN3O3/c1-9-7-13(14(21)19(9)8-10(2)20)18-15(22)17-12-5-3-11(16)4-6-12/h3-6,9,13H,7-8H2,1-2H3,(H2,17,18,22)/t9?,13-/m0/s1. The average molecular weight is 368 g/mol. The van der Waals surface area contributed by atoms with E-state index in [0.29, 0.717) is 12.1 Å². The molecule has 0 aliphatic carbocycles. The van der Waals surface area contributed by atoms with Gasteiger partial charge in [0, 0.05) is 16.2 Å². The molecule has 3 amide bonds. The van der Waals surface area contributed by atoms with E-state index < -0.39 is 12.1 Å². The number of carbonyl (C=O) groups is 3. The minimum atomic E-state index is -0.593. The maximum atomic E-state index is 12.2. The summed E-state index contributed by atoms with van der Waals surface area (Å²) in [5, 5.41) is 5.34. The number of carbonyl (C=O) groups excluding carboxylic acids is 3. The highest BCUT2D eigenvalue weighted by Crippen LogP contribution is 2.19. The number of nitrogens with one attached hydrogen (secondary N) is 2. The van der Waals surface area contributed by atoms with E-state index in [4.69, 9.17) is 0 Å². The molecule has 0 bridgehead atoms. The quantitative estimate of drug-likeness (QED) is 0.855. The normalized spacial score (nSPS) is 20.9. The van der Waals surface area contributed by atoms with Crippen LogP contribution in [0.1, 0.15) is 20.3 Å². The van der Waals surface area contributed by atoms with Gasteiger partial charge in [-0.1, -0.05) is 15.9 Å². The fourth-order valence-corrected chi connectivity index (χ4v) is 2.70.